The van der Waals surface area contributed by atoms with Crippen LogP contribution in [0.4, 0.5) is 0 Å². The van der Waals surface area contributed by atoms with Crippen molar-refractivity contribution < 1.29 is 9.59 Å². The van der Waals surface area contributed by atoms with Crippen LogP contribution in [0.2, 0.25) is 15.2 Å². The van der Waals surface area contributed by atoms with Crippen molar-refractivity contribution in [2.24, 2.45) is 0 Å². The molecule has 1 aliphatic rings. The van der Waals surface area contributed by atoms with E-state index >= 15 is 0 Å². The van der Waals surface area contributed by atoms with Gasteiger partial charge in [-0.05, 0) is 43.3 Å². The number of aromatic nitrogens is 1. The molecule has 2 amide bonds. The van der Waals surface area contributed by atoms with Crippen molar-refractivity contribution >= 4 is 90.5 Å². The van der Waals surface area contributed by atoms with E-state index in [-0.39, 0.29) is 15.1 Å². The molecule has 5 nitrogen and oxygen atoms in total. The topological polar surface area (TPSA) is 62.3 Å². The van der Waals surface area contributed by atoms with E-state index in [9.17, 15) is 9.59 Å². The first-order valence-electron chi connectivity index (χ1n) is 9.47. The van der Waals surface area contributed by atoms with Crippen molar-refractivity contribution in [1.82, 2.24) is 15.4 Å². The van der Waals surface area contributed by atoms with Crippen LogP contribution in [0, 0.1) is 6.92 Å². The van der Waals surface area contributed by atoms with Crippen molar-refractivity contribution in [2.45, 2.75) is 18.3 Å². The van der Waals surface area contributed by atoms with E-state index in [0.29, 0.717) is 16.0 Å². The number of pyridine rings is 1. The van der Waals surface area contributed by atoms with Gasteiger partial charge in [0.05, 0.1) is 10.5 Å². The van der Waals surface area contributed by atoms with Gasteiger partial charge in [-0.1, -0.05) is 46.4 Å². The minimum atomic E-state index is -0.881. The Bertz CT molecular complexity index is 1440. The number of benzene rings is 2. The molecule has 1 fully saturated rings. The van der Waals surface area contributed by atoms with Crippen molar-refractivity contribution in [3.8, 4) is 0 Å². The van der Waals surface area contributed by atoms with Gasteiger partial charge in [0.25, 0.3) is 11.8 Å². The number of carbonyl (C=O) groups excluding carboxylic acids is 2. The summed E-state index contributed by atoms with van der Waals surface area (Å²) >= 11 is 26.4. The Hall–Kier alpha value is -2.09. The lowest BCUT2D eigenvalue weighted by atomic mass is 9.95. The molecule has 162 valence electrons. The minimum absolute atomic E-state index is 0.221. The standard InChI is InChI=1S/C22H13Cl4N3O2S/c1-9-2-4-14-10(6-9)7-13(20(26)27-14)18-17(25)22(31)29(18)28-21(30)19-16(24)12-8-11(23)3-5-15(12)32-19/h2-8,17-18H,1H3,(H,28,30). The summed E-state index contributed by atoms with van der Waals surface area (Å²) in [4.78, 5) is 30.2. The Morgan fingerprint density at radius 2 is 1.91 bits per heavy atom. The molecule has 5 rings (SSSR count). The first-order chi connectivity index (χ1) is 15.2. The van der Waals surface area contributed by atoms with E-state index in [1.807, 2.05) is 31.2 Å². The Kier molecular flexibility index (Phi) is 5.47. The van der Waals surface area contributed by atoms with Crippen LogP contribution in [-0.4, -0.2) is 27.2 Å². The van der Waals surface area contributed by atoms with Gasteiger partial charge in [-0.15, -0.1) is 22.9 Å². The van der Waals surface area contributed by atoms with Crippen molar-refractivity contribution in [2.75, 3.05) is 0 Å². The number of aryl methyl sites for hydroxylation is 1. The van der Waals surface area contributed by atoms with Crippen LogP contribution in [0.15, 0.2) is 42.5 Å². The maximum Gasteiger partial charge on any atom is 0.281 e. The molecule has 0 aliphatic carbocycles. The number of fused-ring (bicyclic) bond motifs is 2. The van der Waals surface area contributed by atoms with E-state index in [4.69, 9.17) is 46.4 Å². The quantitative estimate of drug-likeness (QED) is 0.188. The molecule has 0 radical (unpaired) electrons. The molecule has 2 aromatic heterocycles. The first-order valence-corrected chi connectivity index (χ1v) is 11.9. The number of hydrogen-bond acceptors (Lipinski definition) is 4. The summed E-state index contributed by atoms with van der Waals surface area (Å²) in [6, 6.07) is 12.2. The van der Waals surface area contributed by atoms with Gasteiger partial charge in [-0.2, -0.15) is 0 Å². The largest absolute Gasteiger partial charge is 0.281 e. The number of hydrogen-bond donors (Lipinski definition) is 1. The van der Waals surface area contributed by atoms with Gasteiger partial charge in [0.15, 0.2) is 0 Å². The molecule has 0 spiro atoms. The van der Waals surface area contributed by atoms with Gasteiger partial charge in [-0.25, -0.2) is 9.99 Å². The zero-order valence-electron chi connectivity index (χ0n) is 16.3. The number of alkyl halides is 1. The minimum Gasteiger partial charge on any atom is -0.271 e. The fourth-order valence-corrected chi connectivity index (χ4v) is 5.88. The molecule has 1 aliphatic heterocycles. The number of hydrazine groups is 1. The van der Waals surface area contributed by atoms with Crippen LogP contribution >= 0.6 is 57.7 Å². The van der Waals surface area contributed by atoms with Gasteiger partial charge < -0.3 is 0 Å². The maximum absolute atomic E-state index is 13.0. The highest BCUT2D eigenvalue weighted by molar-refractivity contribution is 7.21. The summed E-state index contributed by atoms with van der Waals surface area (Å²) in [5, 5.41) is 2.85. The lowest BCUT2D eigenvalue weighted by molar-refractivity contribution is -0.149. The average Bonchev–Trinajstić information content (AvgIpc) is 3.09. The third kappa shape index (κ3) is 3.51. The molecule has 10 heteroatoms. The second kappa shape index (κ2) is 8.04. The Labute approximate surface area is 206 Å². The number of nitrogens with one attached hydrogen (secondary N) is 1. The Morgan fingerprint density at radius 1 is 1.12 bits per heavy atom. The van der Waals surface area contributed by atoms with Crippen molar-refractivity contribution in [3.05, 3.63) is 73.7 Å². The van der Waals surface area contributed by atoms with Crippen molar-refractivity contribution in [1.29, 1.82) is 0 Å². The Morgan fingerprint density at radius 3 is 2.69 bits per heavy atom. The average molecular weight is 525 g/mol. The van der Waals surface area contributed by atoms with Gasteiger partial charge in [0, 0.05) is 26.1 Å². The summed E-state index contributed by atoms with van der Waals surface area (Å²) in [7, 11) is 0. The molecular weight excluding hydrogens is 512 g/mol. The second-order valence-corrected chi connectivity index (χ2v) is 10.1. The van der Waals surface area contributed by atoms with E-state index in [2.05, 4.69) is 10.4 Å². The maximum atomic E-state index is 13.0. The fraction of sp³-hybridized carbons (Fsp3) is 0.136. The number of halogens is 4. The highest BCUT2D eigenvalue weighted by atomic mass is 35.5. The SMILES string of the molecule is Cc1ccc2nc(Cl)c(C3C(Cl)C(=O)N3NC(=O)c3sc4ccc(Cl)cc4c3Cl)cc2c1. The molecule has 3 heterocycles. The summed E-state index contributed by atoms with van der Waals surface area (Å²) in [5.41, 5.74) is 4.97. The van der Waals surface area contributed by atoms with E-state index in [1.165, 1.54) is 16.3 Å². The number of nitrogens with zero attached hydrogens (tertiary/aromatic N) is 2. The van der Waals surface area contributed by atoms with Crippen LogP contribution < -0.4 is 5.43 Å². The van der Waals surface area contributed by atoms with Crippen LogP contribution in [-0.2, 0) is 4.79 Å². The summed E-state index contributed by atoms with van der Waals surface area (Å²) in [6.45, 7) is 1.97. The zero-order chi connectivity index (χ0) is 22.7. The van der Waals surface area contributed by atoms with Crippen LogP contribution in [0.25, 0.3) is 21.0 Å². The molecule has 0 saturated carbocycles. The van der Waals surface area contributed by atoms with Crippen molar-refractivity contribution in [3.63, 3.8) is 0 Å². The van der Waals surface area contributed by atoms with Gasteiger partial charge in [-0.3, -0.25) is 15.0 Å². The summed E-state index contributed by atoms with van der Waals surface area (Å²) in [6.07, 6.45) is 0. The monoisotopic (exact) mass is 523 g/mol. The zero-order valence-corrected chi connectivity index (χ0v) is 20.2. The van der Waals surface area contributed by atoms with Gasteiger partial charge >= 0.3 is 0 Å². The molecule has 2 unspecified atom stereocenters. The second-order valence-electron chi connectivity index (χ2n) is 7.45. The van der Waals surface area contributed by atoms with E-state index < -0.39 is 23.2 Å². The fourth-order valence-electron chi connectivity index (χ4n) is 3.72. The highest BCUT2D eigenvalue weighted by Crippen LogP contribution is 2.42. The third-order valence-electron chi connectivity index (χ3n) is 5.32. The molecule has 2 aromatic carbocycles. The third-order valence-corrected chi connectivity index (χ3v) is 7.95. The predicted molar refractivity (Wildman–Crippen MR) is 130 cm³/mol. The summed E-state index contributed by atoms with van der Waals surface area (Å²) < 4.78 is 0.809. The molecule has 1 N–H and O–H groups in total. The number of amides is 2. The normalized spacial score (nSPS) is 18.3. The number of carbonyl (C=O) groups is 2. The predicted octanol–water partition coefficient (Wildman–Crippen LogP) is 6.55. The van der Waals surface area contributed by atoms with Gasteiger partial charge in [0.2, 0.25) is 0 Å². The smallest absolute Gasteiger partial charge is 0.271 e. The van der Waals surface area contributed by atoms with Crippen LogP contribution in [0.5, 0.6) is 0 Å². The molecule has 32 heavy (non-hydrogen) atoms. The molecule has 1 saturated heterocycles. The molecule has 2 atom stereocenters. The van der Waals surface area contributed by atoms with Gasteiger partial charge in [0.1, 0.15) is 21.4 Å². The number of β-lactam (4-membered cyclic amide) rings is 1. The van der Waals surface area contributed by atoms with E-state index in [1.54, 1.807) is 18.2 Å². The Balaban J connectivity index is 1.48. The summed E-state index contributed by atoms with van der Waals surface area (Å²) in [5.74, 6) is -0.958. The lowest BCUT2D eigenvalue weighted by Gasteiger charge is -2.44. The highest BCUT2D eigenvalue weighted by Gasteiger charge is 2.49. The van der Waals surface area contributed by atoms with Crippen LogP contribution in [0.1, 0.15) is 26.8 Å². The number of thiophene rings is 1. The molecular formula is C22H13Cl4N3O2S. The number of rotatable bonds is 3. The molecule has 4 aromatic rings. The first kappa shape index (κ1) is 21.7. The van der Waals surface area contributed by atoms with Crippen LogP contribution in [0.3, 0.4) is 0 Å². The molecule has 0 bridgehead atoms. The van der Waals surface area contributed by atoms with E-state index in [0.717, 1.165) is 21.2 Å². The lowest BCUT2D eigenvalue weighted by Crippen LogP contribution is -2.63.